The van der Waals surface area contributed by atoms with Gasteiger partial charge in [0.15, 0.2) is 5.65 Å². The molecule has 12 heavy (non-hydrogen) atoms. The Morgan fingerprint density at radius 2 is 2.42 bits per heavy atom. The summed E-state index contributed by atoms with van der Waals surface area (Å²) in [5.41, 5.74) is 1.91. The molecule has 3 heteroatoms. The fraction of sp³-hybridized carbons (Fsp3) is 0.111. The minimum absolute atomic E-state index is 0.764. The lowest BCUT2D eigenvalue weighted by molar-refractivity contribution is 0.946. The summed E-state index contributed by atoms with van der Waals surface area (Å²) in [6, 6.07) is 2.05. The molecule has 0 aliphatic rings. The number of aromatic nitrogens is 3. The Kier molecular flexibility index (Phi) is 1.43. The van der Waals surface area contributed by atoms with Gasteiger partial charge in [0.1, 0.15) is 0 Å². The van der Waals surface area contributed by atoms with E-state index in [1.165, 1.54) is 0 Å². The topological polar surface area (TPSA) is 30.7 Å². The first-order chi connectivity index (χ1) is 5.79. The molecule has 0 unspecified atom stereocenters. The van der Waals surface area contributed by atoms with Crippen LogP contribution in [0.15, 0.2) is 25.0 Å². The minimum Gasteiger partial charge on any atom is -0.246 e. The summed E-state index contributed by atoms with van der Waals surface area (Å²) < 4.78 is 1.66. The van der Waals surface area contributed by atoms with Gasteiger partial charge in [-0.1, -0.05) is 6.58 Å². The summed E-state index contributed by atoms with van der Waals surface area (Å²) in [6.45, 7) is 5.63. The Morgan fingerprint density at radius 1 is 1.58 bits per heavy atom. The van der Waals surface area contributed by atoms with Gasteiger partial charge in [0.2, 0.25) is 0 Å². The van der Waals surface area contributed by atoms with Crippen LogP contribution >= 0.6 is 0 Å². The van der Waals surface area contributed by atoms with Gasteiger partial charge in [-0.15, -0.1) is 5.10 Å². The summed E-state index contributed by atoms with van der Waals surface area (Å²) in [7, 11) is 0. The molecule has 0 radical (unpaired) electrons. The van der Waals surface area contributed by atoms with Crippen molar-refractivity contribution in [3.63, 3.8) is 0 Å². The van der Waals surface area contributed by atoms with E-state index in [2.05, 4.69) is 22.7 Å². The van der Waals surface area contributed by atoms with Gasteiger partial charge >= 0.3 is 0 Å². The van der Waals surface area contributed by atoms with Crippen molar-refractivity contribution in [3.8, 4) is 0 Å². The summed E-state index contributed by atoms with van der Waals surface area (Å²) in [5.74, 6) is 0. The van der Waals surface area contributed by atoms with Crippen molar-refractivity contribution in [2.24, 2.45) is 0 Å². The highest BCUT2D eigenvalue weighted by Gasteiger charge is 1.98. The fourth-order valence-corrected chi connectivity index (χ4v) is 1.14. The molecule has 0 aliphatic heterocycles. The molecule has 0 aromatic carbocycles. The van der Waals surface area contributed by atoms with E-state index < -0.39 is 0 Å². The zero-order chi connectivity index (χ0) is 8.55. The Balaban J connectivity index is 2.75. The predicted molar refractivity (Wildman–Crippen MR) is 48.7 cm³/mol. The molecule has 0 aliphatic carbocycles. The van der Waals surface area contributed by atoms with Gasteiger partial charge in [0, 0.05) is 24.0 Å². The highest BCUT2D eigenvalue weighted by atomic mass is 15.3. The zero-order valence-corrected chi connectivity index (χ0v) is 6.86. The number of pyridine rings is 1. The average Bonchev–Trinajstić information content (AvgIpc) is 2.46. The van der Waals surface area contributed by atoms with Crippen LogP contribution in [0.1, 0.15) is 5.56 Å². The Hall–Kier alpha value is -1.64. The number of aryl methyl sites for hydroxylation is 1. The molecule has 0 bridgehead atoms. The van der Waals surface area contributed by atoms with Crippen LogP contribution in [-0.4, -0.2) is 14.8 Å². The van der Waals surface area contributed by atoms with Crippen molar-refractivity contribution in [2.45, 2.75) is 6.92 Å². The van der Waals surface area contributed by atoms with Crippen LogP contribution < -0.4 is 0 Å². The van der Waals surface area contributed by atoms with Crippen LogP contribution in [-0.2, 0) is 0 Å². The molecule has 3 nitrogen and oxygen atoms in total. The number of fused-ring (bicyclic) bond motifs is 1. The highest BCUT2D eigenvalue weighted by molar-refractivity contribution is 5.74. The lowest BCUT2D eigenvalue weighted by Crippen LogP contribution is -1.83. The molecule has 0 atom stereocenters. The standard InChI is InChI=1S/C9H9N3/c1-3-12-6-8-4-7(2)5-10-9(8)11-12/h3-6H,1H2,2H3. The van der Waals surface area contributed by atoms with Gasteiger partial charge < -0.3 is 0 Å². The largest absolute Gasteiger partial charge is 0.246 e. The molecule has 60 valence electrons. The molecule has 0 N–H and O–H groups in total. The van der Waals surface area contributed by atoms with E-state index in [-0.39, 0.29) is 0 Å². The smallest absolute Gasteiger partial charge is 0.181 e. The third-order valence-corrected chi connectivity index (χ3v) is 1.70. The Morgan fingerprint density at radius 3 is 3.17 bits per heavy atom. The van der Waals surface area contributed by atoms with Crippen molar-refractivity contribution in [2.75, 3.05) is 0 Å². The molecular weight excluding hydrogens is 150 g/mol. The maximum atomic E-state index is 4.17. The molecule has 0 fully saturated rings. The van der Waals surface area contributed by atoms with Crippen molar-refractivity contribution in [1.29, 1.82) is 0 Å². The van der Waals surface area contributed by atoms with E-state index in [1.54, 1.807) is 10.9 Å². The lowest BCUT2D eigenvalue weighted by atomic mass is 10.3. The zero-order valence-electron chi connectivity index (χ0n) is 6.86. The predicted octanol–water partition coefficient (Wildman–Crippen LogP) is 1.84. The van der Waals surface area contributed by atoms with Crippen LogP contribution in [0.2, 0.25) is 0 Å². The Labute approximate surface area is 70.3 Å². The van der Waals surface area contributed by atoms with Gasteiger partial charge in [-0.3, -0.25) is 0 Å². The number of hydrogen-bond acceptors (Lipinski definition) is 2. The molecule has 2 rings (SSSR count). The molecule has 0 saturated heterocycles. The van der Waals surface area contributed by atoms with Crippen molar-refractivity contribution < 1.29 is 0 Å². The maximum absolute atomic E-state index is 4.17. The normalized spacial score (nSPS) is 10.4. The quantitative estimate of drug-likeness (QED) is 0.635. The summed E-state index contributed by atoms with van der Waals surface area (Å²) in [5, 5.41) is 5.21. The minimum atomic E-state index is 0.764. The summed E-state index contributed by atoms with van der Waals surface area (Å²) in [6.07, 6.45) is 5.36. The first-order valence-corrected chi connectivity index (χ1v) is 3.73. The average molecular weight is 159 g/mol. The van der Waals surface area contributed by atoms with Crippen LogP contribution in [0.4, 0.5) is 0 Å². The van der Waals surface area contributed by atoms with E-state index in [0.29, 0.717) is 0 Å². The third kappa shape index (κ3) is 0.993. The molecule has 2 aromatic heterocycles. The van der Waals surface area contributed by atoms with Gasteiger partial charge in [-0.25, -0.2) is 9.67 Å². The third-order valence-electron chi connectivity index (χ3n) is 1.70. The second-order valence-corrected chi connectivity index (χ2v) is 2.72. The van der Waals surface area contributed by atoms with Crippen LogP contribution in [0, 0.1) is 6.92 Å². The molecule has 2 aromatic rings. The fourth-order valence-electron chi connectivity index (χ4n) is 1.14. The molecular formula is C9H9N3. The highest BCUT2D eigenvalue weighted by Crippen LogP contribution is 2.10. The van der Waals surface area contributed by atoms with E-state index in [9.17, 15) is 0 Å². The van der Waals surface area contributed by atoms with Crippen LogP contribution in [0.25, 0.3) is 17.2 Å². The number of hydrogen-bond donors (Lipinski definition) is 0. The van der Waals surface area contributed by atoms with Crippen LogP contribution in [0.5, 0.6) is 0 Å². The van der Waals surface area contributed by atoms with E-state index in [1.807, 2.05) is 19.3 Å². The van der Waals surface area contributed by atoms with Crippen molar-refractivity contribution in [1.82, 2.24) is 14.8 Å². The van der Waals surface area contributed by atoms with Crippen LogP contribution in [0.3, 0.4) is 0 Å². The van der Waals surface area contributed by atoms with Gasteiger partial charge in [0.25, 0.3) is 0 Å². The van der Waals surface area contributed by atoms with Gasteiger partial charge in [-0.2, -0.15) is 0 Å². The second kappa shape index (κ2) is 2.44. The lowest BCUT2D eigenvalue weighted by Gasteiger charge is -1.87. The number of nitrogens with zero attached hydrogens (tertiary/aromatic N) is 3. The Bertz CT molecular complexity index is 428. The second-order valence-electron chi connectivity index (χ2n) is 2.72. The monoisotopic (exact) mass is 159 g/mol. The molecule has 0 spiro atoms. The molecule has 2 heterocycles. The summed E-state index contributed by atoms with van der Waals surface area (Å²) >= 11 is 0. The van der Waals surface area contributed by atoms with E-state index in [4.69, 9.17) is 0 Å². The number of rotatable bonds is 1. The maximum Gasteiger partial charge on any atom is 0.181 e. The first-order valence-electron chi connectivity index (χ1n) is 3.73. The first kappa shape index (κ1) is 7.03. The van der Waals surface area contributed by atoms with Crippen molar-refractivity contribution in [3.05, 3.63) is 30.6 Å². The SMILES string of the molecule is C=Cn1cc2cc(C)cnc2n1. The molecule has 0 saturated carbocycles. The van der Waals surface area contributed by atoms with E-state index in [0.717, 1.165) is 16.6 Å². The summed E-state index contributed by atoms with van der Waals surface area (Å²) in [4.78, 5) is 4.17. The molecule has 0 amide bonds. The van der Waals surface area contributed by atoms with E-state index >= 15 is 0 Å². The van der Waals surface area contributed by atoms with Gasteiger partial charge in [0.05, 0.1) is 0 Å². The van der Waals surface area contributed by atoms with Gasteiger partial charge in [-0.05, 0) is 18.6 Å². The van der Waals surface area contributed by atoms with Crippen molar-refractivity contribution >= 4 is 17.2 Å².